The second kappa shape index (κ2) is 4.27. The van der Waals surface area contributed by atoms with E-state index in [0.717, 1.165) is 36.7 Å². The zero-order valence-electron chi connectivity index (χ0n) is 9.26. The van der Waals surface area contributed by atoms with E-state index < -0.39 is 0 Å². The summed E-state index contributed by atoms with van der Waals surface area (Å²) < 4.78 is 5.94. The lowest BCUT2D eigenvalue weighted by Gasteiger charge is -2.15. The zero-order chi connectivity index (χ0) is 11.0. The highest BCUT2D eigenvalue weighted by atomic mass is 35.5. The van der Waals surface area contributed by atoms with Crippen LogP contribution in [-0.2, 0) is 12.8 Å². The second-order valence-corrected chi connectivity index (χ2v) is 4.98. The molecule has 2 nitrogen and oxygen atoms in total. The van der Waals surface area contributed by atoms with Crippen molar-refractivity contribution in [3.63, 3.8) is 0 Å². The molecule has 86 valence electrons. The van der Waals surface area contributed by atoms with Crippen LogP contribution in [0, 0.1) is 0 Å². The lowest BCUT2D eigenvalue weighted by atomic mass is 10.1. The molecule has 16 heavy (non-hydrogen) atoms. The molecule has 0 spiro atoms. The minimum Gasteiger partial charge on any atom is -0.487 e. The van der Waals surface area contributed by atoms with Crippen molar-refractivity contribution < 1.29 is 4.74 Å². The molecule has 0 radical (unpaired) electrons. The SMILES string of the molecule is Clc1c(OC2CCNC2)ccc2c1CCC2. The Kier molecular flexibility index (Phi) is 2.78. The number of aryl methyl sites for hydroxylation is 1. The Hall–Kier alpha value is -0.730. The highest BCUT2D eigenvalue weighted by Crippen LogP contribution is 2.36. The van der Waals surface area contributed by atoms with Crippen molar-refractivity contribution in [2.75, 3.05) is 13.1 Å². The summed E-state index contributed by atoms with van der Waals surface area (Å²) in [5, 5.41) is 4.15. The summed E-state index contributed by atoms with van der Waals surface area (Å²) in [6, 6.07) is 4.21. The van der Waals surface area contributed by atoms with E-state index in [9.17, 15) is 0 Å². The Balaban J connectivity index is 1.84. The molecule has 0 bridgehead atoms. The molecular formula is C13H16ClNO. The van der Waals surface area contributed by atoms with E-state index in [1.807, 2.05) is 6.07 Å². The maximum atomic E-state index is 6.39. The molecule has 1 atom stereocenters. The van der Waals surface area contributed by atoms with Crippen molar-refractivity contribution in [3.05, 3.63) is 28.3 Å². The average molecular weight is 238 g/mol. The summed E-state index contributed by atoms with van der Waals surface area (Å²) in [5.74, 6) is 0.871. The fraction of sp³-hybridized carbons (Fsp3) is 0.538. The fourth-order valence-electron chi connectivity index (χ4n) is 2.60. The molecule has 0 amide bonds. The van der Waals surface area contributed by atoms with Gasteiger partial charge < -0.3 is 10.1 Å². The molecule has 1 saturated heterocycles. The first-order valence-electron chi connectivity index (χ1n) is 6.02. The smallest absolute Gasteiger partial charge is 0.138 e. The van der Waals surface area contributed by atoms with Crippen molar-refractivity contribution in [1.29, 1.82) is 0 Å². The number of nitrogens with one attached hydrogen (secondary N) is 1. The summed E-state index contributed by atoms with van der Waals surface area (Å²) in [6.45, 7) is 1.99. The van der Waals surface area contributed by atoms with E-state index in [2.05, 4.69) is 11.4 Å². The normalized spacial score (nSPS) is 23.4. The maximum absolute atomic E-state index is 6.39. The van der Waals surface area contributed by atoms with E-state index in [0.29, 0.717) is 0 Å². The number of hydrogen-bond acceptors (Lipinski definition) is 2. The van der Waals surface area contributed by atoms with Gasteiger partial charge in [0.2, 0.25) is 0 Å². The van der Waals surface area contributed by atoms with Crippen molar-refractivity contribution in [2.45, 2.75) is 31.8 Å². The minimum atomic E-state index is 0.289. The number of benzene rings is 1. The Morgan fingerprint density at radius 2 is 2.25 bits per heavy atom. The standard InChI is InChI=1S/C13H16ClNO/c14-13-11-3-1-2-9(11)4-5-12(13)16-10-6-7-15-8-10/h4-5,10,15H,1-3,6-8H2. The number of hydrogen-bond donors (Lipinski definition) is 1. The zero-order valence-corrected chi connectivity index (χ0v) is 10.0. The molecule has 1 aliphatic heterocycles. The van der Waals surface area contributed by atoms with Gasteiger partial charge in [0.15, 0.2) is 0 Å². The molecule has 1 heterocycles. The first-order valence-corrected chi connectivity index (χ1v) is 6.40. The highest BCUT2D eigenvalue weighted by molar-refractivity contribution is 6.33. The third kappa shape index (κ3) is 1.80. The van der Waals surface area contributed by atoms with Crippen molar-refractivity contribution in [3.8, 4) is 5.75 Å². The molecule has 3 heteroatoms. The second-order valence-electron chi connectivity index (χ2n) is 4.60. The Morgan fingerprint density at radius 3 is 3.06 bits per heavy atom. The van der Waals surface area contributed by atoms with Crippen molar-refractivity contribution in [2.24, 2.45) is 0 Å². The third-order valence-electron chi connectivity index (χ3n) is 3.49. The third-order valence-corrected chi connectivity index (χ3v) is 3.90. The van der Waals surface area contributed by atoms with Gasteiger partial charge in [-0.2, -0.15) is 0 Å². The molecule has 1 N–H and O–H groups in total. The van der Waals surface area contributed by atoms with Crippen LogP contribution in [0.1, 0.15) is 24.0 Å². The Morgan fingerprint density at radius 1 is 1.31 bits per heavy atom. The van der Waals surface area contributed by atoms with Gasteiger partial charge in [-0.3, -0.25) is 0 Å². The largest absolute Gasteiger partial charge is 0.487 e. The van der Waals surface area contributed by atoms with Crippen LogP contribution in [0.5, 0.6) is 5.75 Å². The van der Waals surface area contributed by atoms with Gasteiger partial charge >= 0.3 is 0 Å². The lowest BCUT2D eigenvalue weighted by molar-refractivity contribution is 0.223. The van der Waals surface area contributed by atoms with E-state index in [4.69, 9.17) is 16.3 Å². The Labute approximate surface area is 101 Å². The van der Waals surface area contributed by atoms with E-state index >= 15 is 0 Å². The predicted molar refractivity (Wildman–Crippen MR) is 65.4 cm³/mol. The van der Waals surface area contributed by atoms with Gasteiger partial charge in [-0.15, -0.1) is 0 Å². The quantitative estimate of drug-likeness (QED) is 0.854. The highest BCUT2D eigenvalue weighted by Gasteiger charge is 2.21. The van der Waals surface area contributed by atoms with Crippen LogP contribution in [-0.4, -0.2) is 19.2 Å². The molecule has 1 unspecified atom stereocenters. The summed E-state index contributed by atoms with van der Waals surface area (Å²) >= 11 is 6.39. The number of halogens is 1. The number of ether oxygens (including phenoxy) is 1. The fourth-order valence-corrected chi connectivity index (χ4v) is 2.92. The van der Waals surface area contributed by atoms with E-state index in [-0.39, 0.29) is 6.10 Å². The molecule has 0 aromatic heterocycles. The van der Waals surface area contributed by atoms with Gasteiger partial charge in [0.25, 0.3) is 0 Å². The molecule has 1 aliphatic carbocycles. The van der Waals surface area contributed by atoms with Crippen LogP contribution < -0.4 is 10.1 Å². The molecule has 1 aromatic carbocycles. The first kappa shape index (κ1) is 10.4. The maximum Gasteiger partial charge on any atom is 0.138 e. The summed E-state index contributed by atoms with van der Waals surface area (Å²) in [4.78, 5) is 0. The molecule has 1 aromatic rings. The van der Waals surface area contributed by atoms with Crippen LogP contribution in [0.25, 0.3) is 0 Å². The van der Waals surface area contributed by atoms with Crippen LogP contribution >= 0.6 is 11.6 Å². The molecular weight excluding hydrogens is 222 g/mol. The van der Waals surface area contributed by atoms with Crippen molar-refractivity contribution >= 4 is 11.6 Å². The van der Waals surface area contributed by atoms with Gasteiger partial charge in [-0.1, -0.05) is 17.7 Å². The Bertz CT molecular complexity index is 399. The summed E-state index contributed by atoms with van der Waals surface area (Å²) in [7, 11) is 0. The van der Waals surface area contributed by atoms with Crippen LogP contribution in [0.15, 0.2) is 12.1 Å². The van der Waals surface area contributed by atoms with Crippen LogP contribution in [0.2, 0.25) is 5.02 Å². The number of rotatable bonds is 2. The average Bonchev–Trinajstić information content (AvgIpc) is 2.93. The molecule has 3 rings (SSSR count). The van der Waals surface area contributed by atoms with Crippen molar-refractivity contribution in [1.82, 2.24) is 5.32 Å². The molecule has 2 aliphatic rings. The van der Waals surface area contributed by atoms with Gasteiger partial charge in [0, 0.05) is 6.54 Å². The summed E-state index contributed by atoms with van der Waals surface area (Å²) in [6.07, 6.45) is 4.86. The van der Waals surface area contributed by atoms with Gasteiger partial charge in [0.1, 0.15) is 11.9 Å². The van der Waals surface area contributed by atoms with E-state index in [1.54, 1.807) is 0 Å². The predicted octanol–water partition coefficient (Wildman–Crippen LogP) is 2.57. The van der Waals surface area contributed by atoms with Gasteiger partial charge in [0.05, 0.1) is 5.02 Å². The lowest BCUT2D eigenvalue weighted by Crippen LogP contribution is -2.19. The minimum absolute atomic E-state index is 0.289. The number of fused-ring (bicyclic) bond motifs is 1. The van der Waals surface area contributed by atoms with Crippen LogP contribution in [0.4, 0.5) is 0 Å². The van der Waals surface area contributed by atoms with Gasteiger partial charge in [-0.25, -0.2) is 0 Å². The monoisotopic (exact) mass is 237 g/mol. The molecule has 1 fully saturated rings. The summed E-state index contributed by atoms with van der Waals surface area (Å²) in [5.41, 5.74) is 2.71. The van der Waals surface area contributed by atoms with Crippen LogP contribution in [0.3, 0.4) is 0 Å². The van der Waals surface area contributed by atoms with E-state index in [1.165, 1.54) is 24.0 Å². The molecule has 0 saturated carbocycles. The van der Waals surface area contributed by atoms with Gasteiger partial charge in [-0.05, 0) is 49.4 Å². The topological polar surface area (TPSA) is 21.3 Å². The first-order chi connectivity index (χ1) is 7.84.